The fraction of sp³-hybridized carbons (Fsp3) is 0.533. The molecule has 21 heavy (non-hydrogen) atoms. The van der Waals surface area contributed by atoms with Crippen molar-refractivity contribution in [1.82, 2.24) is 10.2 Å². The molecular formula is C15H20F2N2O2. The third kappa shape index (κ3) is 5.21. The van der Waals surface area contributed by atoms with Gasteiger partial charge in [0.1, 0.15) is 5.75 Å². The second-order valence-electron chi connectivity index (χ2n) is 5.08. The molecule has 4 nitrogen and oxygen atoms in total. The smallest absolute Gasteiger partial charge is 0.387 e. The van der Waals surface area contributed by atoms with Crippen LogP contribution >= 0.6 is 0 Å². The Hall–Kier alpha value is -1.85. The van der Waals surface area contributed by atoms with E-state index in [1.165, 1.54) is 25.0 Å². The van der Waals surface area contributed by atoms with Crippen LogP contribution in [0.2, 0.25) is 0 Å². The highest BCUT2D eigenvalue weighted by Crippen LogP contribution is 2.15. The van der Waals surface area contributed by atoms with Gasteiger partial charge in [-0.05, 0) is 30.5 Å². The van der Waals surface area contributed by atoms with Crippen LogP contribution in [-0.2, 0) is 6.54 Å². The molecule has 2 rings (SSSR count). The number of carbonyl (C=O) groups excluding carboxylic acids is 1. The predicted octanol–water partition coefficient (Wildman–Crippen LogP) is 3.37. The van der Waals surface area contributed by atoms with Crippen LogP contribution in [0.1, 0.15) is 31.2 Å². The van der Waals surface area contributed by atoms with Crippen LogP contribution in [0.15, 0.2) is 24.3 Å². The van der Waals surface area contributed by atoms with E-state index in [0.717, 1.165) is 31.5 Å². The molecule has 116 valence electrons. The molecule has 1 aromatic carbocycles. The number of hydrogen-bond donors (Lipinski definition) is 1. The molecule has 1 fully saturated rings. The molecule has 1 saturated heterocycles. The summed E-state index contributed by atoms with van der Waals surface area (Å²) >= 11 is 0. The van der Waals surface area contributed by atoms with Gasteiger partial charge >= 0.3 is 12.6 Å². The van der Waals surface area contributed by atoms with Crippen LogP contribution in [0, 0.1) is 0 Å². The van der Waals surface area contributed by atoms with Gasteiger partial charge in [-0.1, -0.05) is 25.0 Å². The first-order chi connectivity index (χ1) is 10.1. The summed E-state index contributed by atoms with van der Waals surface area (Å²) in [7, 11) is 0. The second-order valence-corrected chi connectivity index (χ2v) is 5.08. The van der Waals surface area contributed by atoms with E-state index < -0.39 is 6.61 Å². The molecule has 0 bridgehead atoms. The highest BCUT2D eigenvalue weighted by molar-refractivity contribution is 5.74. The molecule has 0 spiro atoms. The zero-order chi connectivity index (χ0) is 15.1. The number of nitrogens with one attached hydrogen (secondary N) is 1. The van der Waals surface area contributed by atoms with Crippen LogP contribution in [0.5, 0.6) is 5.75 Å². The first-order valence-corrected chi connectivity index (χ1v) is 7.21. The van der Waals surface area contributed by atoms with Crippen LogP contribution in [-0.4, -0.2) is 30.6 Å². The van der Waals surface area contributed by atoms with Gasteiger partial charge in [0.05, 0.1) is 0 Å². The number of likely N-dealkylation sites (tertiary alicyclic amines) is 1. The van der Waals surface area contributed by atoms with Gasteiger partial charge in [0, 0.05) is 19.6 Å². The fourth-order valence-corrected chi connectivity index (χ4v) is 2.35. The Morgan fingerprint density at radius 1 is 1.14 bits per heavy atom. The predicted molar refractivity (Wildman–Crippen MR) is 75.4 cm³/mol. The zero-order valence-electron chi connectivity index (χ0n) is 11.9. The highest BCUT2D eigenvalue weighted by Gasteiger charge is 2.14. The maximum atomic E-state index is 12.0. The second kappa shape index (κ2) is 7.81. The molecule has 1 aromatic rings. The molecule has 0 aromatic heterocycles. The molecule has 0 saturated carbocycles. The van der Waals surface area contributed by atoms with Gasteiger partial charge < -0.3 is 15.0 Å². The maximum absolute atomic E-state index is 12.0. The summed E-state index contributed by atoms with van der Waals surface area (Å²) in [5.74, 6) is 0.118. The Balaban J connectivity index is 1.80. The van der Waals surface area contributed by atoms with Gasteiger partial charge in [0.25, 0.3) is 0 Å². The molecule has 0 aliphatic carbocycles. The monoisotopic (exact) mass is 298 g/mol. The van der Waals surface area contributed by atoms with E-state index in [1.54, 1.807) is 12.1 Å². The van der Waals surface area contributed by atoms with Crippen molar-refractivity contribution in [3.63, 3.8) is 0 Å². The summed E-state index contributed by atoms with van der Waals surface area (Å²) in [6, 6.07) is 6.21. The van der Waals surface area contributed by atoms with Crippen molar-refractivity contribution < 1.29 is 18.3 Å². The lowest BCUT2D eigenvalue weighted by molar-refractivity contribution is -0.0498. The van der Waals surface area contributed by atoms with Crippen LogP contribution in [0.3, 0.4) is 0 Å². The number of carbonyl (C=O) groups is 1. The van der Waals surface area contributed by atoms with Gasteiger partial charge in [-0.3, -0.25) is 0 Å². The van der Waals surface area contributed by atoms with Crippen molar-refractivity contribution in [2.75, 3.05) is 13.1 Å². The van der Waals surface area contributed by atoms with Gasteiger partial charge in [0.2, 0.25) is 0 Å². The molecule has 2 amide bonds. The molecule has 1 aliphatic heterocycles. The first-order valence-electron chi connectivity index (χ1n) is 7.21. The van der Waals surface area contributed by atoms with Gasteiger partial charge in [-0.25, -0.2) is 4.79 Å². The molecule has 0 atom stereocenters. The molecule has 0 unspecified atom stereocenters. The van der Waals surface area contributed by atoms with E-state index in [2.05, 4.69) is 10.1 Å². The molecule has 1 N–H and O–H groups in total. The quantitative estimate of drug-likeness (QED) is 0.926. The van der Waals surface area contributed by atoms with Crippen molar-refractivity contribution >= 4 is 6.03 Å². The van der Waals surface area contributed by atoms with Crippen molar-refractivity contribution in [1.29, 1.82) is 0 Å². The van der Waals surface area contributed by atoms with Crippen LogP contribution in [0.25, 0.3) is 0 Å². The molecule has 0 radical (unpaired) electrons. The number of hydrogen-bond acceptors (Lipinski definition) is 2. The number of alkyl halides is 2. The molecule has 1 aliphatic rings. The average Bonchev–Trinajstić information content (AvgIpc) is 2.75. The Labute approximate surface area is 123 Å². The Morgan fingerprint density at radius 2 is 1.76 bits per heavy atom. The van der Waals surface area contributed by atoms with Gasteiger partial charge in [0.15, 0.2) is 0 Å². The summed E-state index contributed by atoms with van der Waals surface area (Å²) in [5, 5.41) is 2.85. The highest BCUT2D eigenvalue weighted by atomic mass is 19.3. The molecular weight excluding hydrogens is 278 g/mol. The number of nitrogens with zero attached hydrogens (tertiary/aromatic N) is 1. The Bertz CT molecular complexity index is 443. The van der Waals surface area contributed by atoms with E-state index in [1.807, 2.05) is 4.90 Å². The lowest BCUT2D eigenvalue weighted by Gasteiger charge is -2.20. The van der Waals surface area contributed by atoms with E-state index in [9.17, 15) is 13.6 Å². The average molecular weight is 298 g/mol. The van der Waals surface area contributed by atoms with Crippen molar-refractivity contribution in [3.8, 4) is 5.75 Å². The summed E-state index contributed by atoms with van der Waals surface area (Å²) < 4.78 is 28.3. The minimum Gasteiger partial charge on any atom is -0.435 e. The third-order valence-electron chi connectivity index (χ3n) is 3.49. The van der Waals surface area contributed by atoms with Crippen molar-refractivity contribution in [3.05, 3.63) is 29.8 Å². The SMILES string of the molecule is O=C(NCc1ccc(OC(F)F)cc1)N1CCCCCC1. The normalized spacial score (nSPS) is 15.7. The van der Waals surface area contributed by atoms with E-state index in [-0.39, 0.29) is 11.8 Å². The number of amides is 2. The standard InChI is InChI=1S/C15H20F2N2O2/c16-14(17)21-13-7-5-12(6-8-13)11-18-15(20)19-9-3-1-2-4-10-19/h5-8,14H,1-4,9-11H2,(H,18,20). The lowest BCUT2D eigenvalue weighted by atomic mass is 10.2. The van der Waals surface area contributed by atoms with Crippen LogP contribution < -0.4 is 10.1 Å². The maximum Gasteiger partial charge on any atom is 0.387 e. The van der Waals surface area contributed by atoms with Crippen molar-refractivity contribution in [2.24, 2.45) is 0 Å². The topological polar surface area (TPSA) is 41.6 Å². The largest absolute Gasteiger partial charge is 0.435 e. The summed E-state index contributed by atoms with van der Waals surface area (Å²) in [6.07, 6.45) is 4.45. The van der Waals surface area contributed by atoms with Gasteiger partial charge in [-0.2, -0.15) is 8.78 Å². The van der Waals surface area contributed by atoms with E-state index in [0.29, 0.717) is 6.54 Å². The molecule has 6 heteroatoms. The lowest BCUT2D eigenvalue weighted by Crippen LogP contribution is -2.40. The number of halogens is 2. The number of benzene rings is 1. The fourth-order valence-electron chi connectivity index (χ4n) is 2.35. The van der Waals surface area contributed by atoms with E-state index >= 15 is 0 Å². The summed E-state index contributed by atoms with van der Waals surface area (Å²) in [6.45, 7) is -0.844. The number of rotatable bonds is 4. The molecule has 1 heterocycles. The number of urea groups is 1. The Morgan fingerprint density at radius 3 is 2.33 bits per heavy atom. The van der Waals surface area contributed by atoms with Crippen molar-refractivity contribution in [2.45, 2.75) is 38.8 Å². The van der Waals surface area contributed by atoms with Gasteiger partial charge in [-0.15, -0.1) is 0 Å². The van der Waals surface area contributed by atoms with E-state index in [4.69, 9.17) is 0 Å². The van der Waals surface area contributed by atoms with Crippen LogP contribution in [0.4, 0.5) is 13.6 Å². The summed E-state index contributed by atoms with van der Waals surface area (Å²) in [4.78, 5) is 13.9. The minimum atomic E-state index is -2.82. The number of ether oxygens (including phenoxy) is 1. The Kier molecular flexibility index (Phi) is 5.78. The summed E-state index contributed by atoms with van der Waals surface area (Å²) in [5.41, 5.74) is 0.847. The first kappa shape index (κ1) is 15.5. The zero-order valence-corrected chi connectivity index (χ0v) is 11.9. The third-order valence-corrected chi connectivity index (χ3v) is 3.49. The minimum absolute atomic E-state index is 0.0650.